The lowest BCUT2D eigenvalue weighted by Gasteiger charge is -2.22. The van der Waals surface area contributed by atoms with E-state index in [1.807, 2.05) is 0 Å². The minimum absolute atomic E-state index is 0. The maximum atomic E-state index is 2.24. The van der Waals surface area contributed by atoms with E-state index in [1.165, 1.54) is 38.0 Å². The largest absolute Gasteiger partial charge is 1.00 e. The van der Waals surface area contributed by atoms with Gasteiger partial charge in [0.05, 0.1) is 13.1 Å². The van der Waals surface area contributed by atoms with Gasteiger partial charge in [0.25, 0.3) is 0 Å². The Kier molecular flexibility index (Phi) is 4.73. The molecule has 1 saturated heterocycles. The number of hydrogen-bond donors (Lipinski definition) is 1. The highest BCUT2D eigenvalue weighted by Crippen LogP contribution is 2.03. The maximum absolute atomic E-state index is 2.24. The number of halogens is 1. The van der Waals surface area contributed by atoms with Crippen LogP contribution in [0.3, 0.4) is 0 Å². The van der Waals surface area contributed by atoms with Gasteiger partial charge in [0, 0.05) is 0 Å². The average Bonchev–Trinajstić information content (AvgIpc) is 2.21. The fourth-order valence-electron chi connectivity index (χ4n) is 1.94. The molecule has 0 bridgehead atoms. The second-order valence-corrected chi connectivity index (χ2v) is 3.53. The fraction of sp³-hybridized carbons (Fsp3) is 0.455. The number of piperidine rings is 1. The van der Waals surface area contributed by atoms with Gasteiger partial charge in [-0.2, -0.15) is 0 Å². The van der Waals surface area contributed by atoms with Crippen LogP contribution in [0, 0.1) is 0 Å². The van der Waals surface area contributed by atoms with Crippen molar-refractivity contribution in [3.8, 4) is 0 Å². The molecule has 1 N–H and O–H groups in total. The lowest BCUT2D eigenvalue weighted by Crippen LogP contribution is -3.08. The molecule has 1 heterocycles. The third-order valence-corrected chi connectivity index (χ3v) is 2.64. The van der Waals surface area contributed by atoms with E-state index in [-0.39, 0.29) is 24.0 Å². The van der Waals surface area contributed by atoms with Crippen molar-refractivity contribution in [2.45, 2.75) is 19.3 Å². The molecule has 0 unspecified atom stereocenters. The molecular formula is C11H16IN. The normalized spacial score (nSPS) is 17.8. The third kappa shape index (κ3) is 2.95. The molecule has 1 aliphatic heterocycles. The molecule has 2 rings (SSSR count). The number of benzene rings is 1. The minimum Gasteiger partial charge on any atom is -1.00 e. The summed E-state index contributed by atoms with van der Waals surface area (Å²) in [4.78, 5) is 1.67. The summed E-state index contributed by atoms with van der Waals surface area (Å²) in [6, 6.07) is 10.8. The second-order valence-electron chi connectivity index (χ2n) is 3.53. The summed E-state index contributed by atoms with van der Waals surface area (Å²) in [5.74, 6) is 0. The van der Waals surface area contributed by atoms with Crippen LogP contribution in [0.15, 0.2) is 30.3 Å². The molecule has 0 spiro atoms. The monoisotopic (exact) mass is 289 g/mol. The smallest absolute Gasteiger partial charge is 0.131 e. The first-order valence-corrected chi connectivity index (χ1v) is 4.87. The van der Waals surface area contributed by atoms with Crippen molar-refractivity contribution in [1.82, 2.24) is 0 Å². The standard InChI is InChI=1S/C11H15N.HI/c1-3-7-11(8-4-1)12-9-5-2-6-10-12;/h1,3-4,7-8H,2,5-6,9-10H2;1H. The highest BCUT2D eigenvalue weighted by molar-refractivity contribution is 5.27. The predicted octanol–water partition coefficient (Wildman–Crippen LogP) is -1.61. The van der Waals surface area contributed by atoms with E-state index in [0.717, 1.165) is 0 Å². The van der Waals surface area contributed by atoms with Crippen LogP contribution in [0.1, 0.15) is 19.3 Å². The number of rotatable bonds is 1. The summed E-state index contributed by atoms with van der Waals surface area (Å²) in [7, 11) is 0. The minimum atomic E-state index is 0. The Bertz CT molecular complexity index is 229. The highest BCUT2D eigenvalue weighted by Gasteiger charge is 2.14. The van der Waals surface area contributed by atoms with Gasteiger partial charge in [-0.1, -0.05) is 18.2 Å². The van der Waals surface area contributed by atoms with Gasteiger partial charge in [0.15, 0.2) is 0 Å². The summed E-state index contributed by atoms with van der Waals surface area (Å²) in [6.07, 6.45) is 4.21. The molecule has 2 heteroatoms. The van der Waals surface area contributed by atoms with Gasteiger partial charge < -0.3 is 28.9 Å². The Morgan fingerprint density at radius 1 is 0.846 bits per heavy atom. The zero-order valence-electron chi connectivity index (χ0n) is 7.80. The van der Waals surface area contributed by atoms with Crippen LogP contribution < -0.4 is 28.9 Å². The molecule has 1 nitrogen and oxygen atoms in total. The van der Waals surface area contributed by atoms with Crippen molar-refractivity contribution in [1.29, 1.82) is 0 Å². The van der Waals surface area contributed by atoms with E-state index in [0.29, 0.717) is 0 Å². The SMILES string of the molecule is [I-].c1ccc([NH+]2CCCCC2)cc1. The van der Waals surface area contributed by atoms with Crippen molar-refractivity contribution in [3.05, 3.63) is 30.3 Å². The van der Waals surface area contributed by atoms with Gasteiger partial charge in [0.2, 0.25) is 0 Å². The first-order chi connectivity index (χ1) is 5.97. The summed E-state index contributed by atoms with van der Waals surface area (Å²) in [5.41, 5.74) is 1.47. The molecule has 1 aliphatic rings. The second kappa shape index (κ2) is 5.60. The van der Waals surface area contributed by atoms with Crippen LogP contribution in [0.4, 0.5) is 5.69 Å². The molecule has 1 aromatic carbocycles. The summed E-state index contributed by atoms with van der Waals surface area (Å²) >= 11 is 0. The topological polar surface area (TPSA) is 4.44 Å². The molecule has 1 aromatic rings. The van der Waals surface area contributed by atoms with Gasteiger partial charge >= 0.3 is 0 Å². The molecule has 0 saturated carbocycles. The van der Waals surface area contributed by atoms with E-state index in [4.69, 9.17) is 0 Å². The van der Waals surface area contributed by atoms with Gasteiger partial charge in [-0.25, -0.2) is 0 Å². The number of nitrogens with one attached hydrogen (secondary N) is 1. The van der Waals surface area contributed by atoms with E-state index < -0.39 is 0 Å². The van der Waals surface area contributed by atoms with E-state index in [1.54, 1.807) is 4.90 Å². The summed E-state index contributed by atoms with van der Waals surface area (Å²) in [6.45, 7) is 2.65. The van der Waals surface area contributed by atoms with Gasteiger partial charge in [-0.3, -0.25) is 0 Å². The highest BCUT2D eigenvalue weighted by atomic mass is 127. The van der Waals surface area contributed by atoms with Gasteiger partial charge in [-0.15, -0.1) is 0 Å². The van der Waals surface area contributed by atoms with Crippen LogP contribution in [0.5, 0.6) is 0 Å². The molecule has 0 aliphatic carbocycles. The summed E-state index contributed by atoms with van der Waals surface area (Å²) in [5, 5.41) is 0. The lowest BCUT2D eigenvalue weighted by molar-refractivity contribution is -0.838. The van der Waals surface area contributed by atoms with Crippen molar-refractivity contribution < 1.29 is 28.9 Å². The Morgan fingerprint density at radius 3 is 2.08 bits per heavy atom. The first kappa shape index (κ1) is 11.0. The van der Waals surface area contributed by atoms with Crippen LogP contribution in [-0.4, -0.2) is 13.1 Å². The van der Waals surface area contributed by atoms with Crippen molar-refractivity contribution in [2.24, 2.45) is 0 Å². The van der Waals surface area contributed by atoms with Crippen molar-refractivity contribution >= 4 is 5.69 Å². The first-order valence-electron chi connectivity index (χ1n) is 4.87. The fourth-order valence-corrected chi connectivity index (χ4v) is 1.94. The maximum Gasteiger partial charge on any atom is 0.131 e. The van der Waals surface area contributed by atoms with Crippen molar-refractivity contribution in [3.63, 3.8) is 0 Å². The van der Waals surface area contributed by atoms with Gasteiger partial charge in [0.1, 0.15) is 5.69 Å². The number of para-hydroxylation sites is 1. The van der Waals surface area contributed by atoms with Crippen molar-refractivity contribution in [2.75, 3.05) is 13.1 Å². The third-order valence-electron chi connectivity index (χ3n) is 2.64. The molecule has 0 aromatic heterocycles. The molecule has 13 heavy (non-hydrogen) atoms. The van der Waals surface area contributed by atoms with Gasteiger partial charge in [-0.05, 0) is 31.4 Å². The molecule has 1 fully saturated rings. The quantitative estimate of drug-likeness (QED) is 0.594. The van der Waals surface area contributed by atoms with E-state index in [2.05, 4.69) is 30.3 Å². The Hall–Kier alpha value is -0.0900. The van der Waals surface area contributed by atoms with Crippen LogP contribution in [0.25, 0.3) is 0 Å². The van der Waals surface area contributed by atoms with Crippen LogP contribution in [-0.2, 0) is 0 Å². The number of hydrogen-bond acceptors (Lipinski definition) is 0. The molecule has 72 valence electrons. The Morgan fingerprint density at radius 2 is 1.46 bits per heavy atom. The van der Waals surface area contributed by atoms with E-state index >= 15 is 0 Å². The molecular weight excluding hydrogens is 273 g/mol. The molecule has 0 amide bonds. The molecule has 0 atom stereocenters. The zero-order chi connectivity index (χ0) is 8.23. The Labute approximate surface area is 97.2 Å². The zero-order valence-corrected chi connectivity index (χ0v) is 9.96. The average molecular weight is 289 g/mol. The summed E-state index contributed by atoms with van der Waals surface area (Å²) < 4.78 is 0. The predicted molar refractivity (Wildman–Crippen MR) is 50.6 cm³/mol. The van der Waals surface area contributed by atoms with E-state index in [9.17, 15) is 0 Å². The molecule has 0 radical (unpaired) electrons. The van der Waals surface area contributed by atoms with Crippen LogP contribution in [0.2, 0.25) is 0 Å². The van der Waals surface area contributed by atoms with Crippen LogP contribution >= 0.6 is 0 Å². The Balaban J connectivity index is 0.000000845. The number of quaternary nitrogens is 1. The lowest BCUT2D eigenvalue weighted by atomic mass is 10.1.